The van der Waals surface area contributed by atoms with Crippen LogP contribution in [0.5, 0.6) is 0 Å². The summed E-state index contributed by atoms with van der Waals surface area (Å²) in [4.78, 5) is 6.59. The molecule has 1 aromatic heterocycles. The van der Waals surface area contributed by atoms with Crippen molar-refractivity contribution in [2.45, 2.75) is 32.5 Å². The Morgan fingerprint density at radius 2 is 1.87 bits per heavy atom. The van der Waals surface area contributed by atoms with Crippen molar-refractivity contribution in [2.75, 3.05) is 13.1 Å². The summed E-state index contributed by atoms with van der Waals surface area (Å²) in [6.45, 7) is 7.78. The van der Waals surface area contributed by atoms with Gasteiger partial charge < -0.3 is 5.32 Å². The van der Waals surface area contributed by atoms with Crippen molar-refractivity contribution in [1.82, 2.24) is 15.2 Å². The van der Waals surface area contributed by atoms with Gasteiger partial charge in [0, 0.05) is 44.1 Å². The first kappa shape index (κ1) is 10.6. The Morgan fingerprint density at radius 3 is 2.47 bits per heavy atom. The second-order valence-corrected chi connectivity index (χ2v) is 4.38. The van der Waals surface area contributed by atoms with Crippen LogP contribution in [0.3, 0.4) is 0 Å². The van der Waals surface area contributed by atoms with Gasteiger partial charge in [-0.2, -0.15) is 0 Å². The van der Waals surface area contributed by atoms with Gasteiger partial charge in [-0.25, -0.2) is 0 Å². The molecule has 1 fully saturated rings. The van der Waals surface area contributed by atoms with Crippen molar-refractivity contribution in [1.29, 1.82) is 0 Å². The average molecular weight is 205 g/mol. The lowest BCUT2D eigenvalue weighted by molar-refractivity contribution is 0.109. The van der Waals surface area contributed by atoms with Gasteiger partial charge in [-0.1, -0.05) is 0 Å². The lowest BCUT2D eigenvalue weighted by Crippen LogP contribution is -2.54. The highest BCUT2D eigenvalue weighted by Gasteiger charge is 2.23. The Kier molecular flexibility index (Phi) is 3.34. The minimum Gasteiger partial charge on any atom is -0.314 e. The van der Waals surface area contributed by atoms with E-state index in [4.69, 9.17) is 0 Å². The van der Waals surface area contributed by atoms with Gasteiger partial charge in [0.25, 0.3) is 0 Å². The Labute approximate surface area is 91.5 Å². The largest absolute Gasteiger partial charge is 0.314 e. The highest BCUT2D eigenvalue weighted by Crippen LogP contribution is 2.13. The van der Waals surface area contributed by atoms with E-state index < -0.39 is 0 Å². The van der Waals surface area contributed by atoms with Gasteiger partial charge in [-0.3, -0.25) is 9.88 Å². The number of nitrogens with zero attached hydrogens (tertiary/aromatic N) is 2. The molecule has 1 aromatic rings. The number of piperazine rings is 1. The van der Waals surface area contributed by atoms with Crippen molar-refractivity contribution in [3.8, 4) is 0 Å². The highest BCUT2D eigenvalue weighted by molar-refractivity contribution is 5.10. The number of hydrogen-bond donors (Lipinski definition) is 1. The highest BCUT2D eigenvalue weighted by atomic mass is 15.2. The molecule has 2 unspecified atom stereocenters. The summed E-state index contributed by atoms with van der Waals surface area (Å²) in [5.41, 5.74) is 1.35. The summed E-state index contributed by atoms with van der Waals surface area (Å²) in [6.07, 6.45) is 3.74. The summed E-state index contributed by atoms with van der Waals surface area (Å²) in [5.74, 6) is 0. The van der Waals surface area contributed by atoms with Gasteiger partial charge in [0.15, 0.2) is 0 Å². The molecule has 82 valence electrons. The van der Waals surface area contributed by atoms with Crippen LogP contribution in [0.25, 0.3) is 0 Å². The van der Waals surface area contributed by atoms with E-state index >= 15 is 0 Å². The van der Waals surface area contributed by atoms with Crippen LogP contribution >= 0.6 is 0 Å². The number of nitrogens with one attached hydrogen (secondary N) is 1. The van der Waals surface area contributed by atoms with Crippen LogP contribution in [0.15, 0.2) is 24.5 Å². The number of aromatic nitrogens is 1. The quantitative estimate of drug-likeness (QED) is 0.788. The zero-order valence-electron chi connectivity index (χ0n) is 9.48. The Hall–Kier alpha value is -0.930. The van der Waals surface area contributed by atoms with Gasteiger partial charge in [-0.15, -0.1) is 0 Å². The van der Waals surface area contributed by atoms with Crippen LogP contribution in [0.4, 0.5) is 0 Å². The molecule has 3 heteroatoms. The summed E-state index contributed by atoms with van der Waals surface area (Å²) in [5, 5.41) is 3.45. The smallest absolute Gasteiger partial charge is 0.0271 e. The van der Waals surface area contributed by atoms with E-state index in [1.54, 1.807) is 0 Å². The second-order valence-electron chi connectivity index (χ2n) is 4.38. The average Bonchev–Trinajstić information content (AvgIpc) is 2.25. The molecule has 2 rings (SSSR count). The molecule has 0 saturated carbocycles. The second kappa shape index (κ2) is 4.73. The van der Waals surface area contributed by atoms with E-state index in [9.17, 15) is 0 Å². The molecular weight excluding hydrogens is 186 g/mol. The molecule has 2 heterocycles. The first-order valence-electron chi connectivity index (χ1n) is 5.62. The van der Waals surface area contributed by atoms with Gasteiger partial charge in [-0.05, 0) is 31.5 Å². The molecule has 1 aliphatic rings. The van der Waals surface area contributed by atoms with E-state index in [2.05, 4.69) is 41.2 Å². The fourth-order valence-electron chi connectivity index (χ4n) is 2.18. The molecule has 0 bridgehead atoms. The minimum absolute atomic E-state index is 0.613. The van der Waals surface area contributed by atoms with Crippen LogP contribution in [0.1, 0.15) is 19.4 Å². The lowest BCUT2D eigenvalue weighted by atomic mass is 10.1. The molecule has 15 heavy (non-hydrogen) atoms. The number of rotatable bonds is 2. The molecule has 0 spiro atoms. The zero-order chi connectivity index (χ0) is 10.7. The zero-order valence-corrected chi connectivity index (χ0v) is 9.48. The van der Waals surface area contributed by atoms with Crippen LogP contribution in [-0.4, -0.2) is 35.1 Å². The van der Waals surface area contributed by atoms with Crippen LogP contribution < -0.4 is 5.32 Å². The van der Waals surface area contributed by atoms with E-state index in [0.29, 0.717) is 12.1 Å². The molecule has 0 aliphatic carbocycles. The van der Waals surface area contributed by atoms with Crippen LogP contribution in [-0.2, 0) is 6.54 Å². The van der Waals surface area contributed by atoms with Crippen LogP contribution in [0, 0.1) is 0 Å². The Balaban J connectivity index is 2.03. The standard InChI is InChI=1S/C12H19N3/c1-10-7-14-8-11(2)15(10)9-12-3-5-13-6-4-12/h3-6,10-11,14H,7-9H2,1-2H3. The van der Waals surface area contributed by atoms with Gasteiger partial charge in [0.05, 0.1) is 0 Å². The summed E-state index contributed by atoms with van der Waals surface area (Å²) < 4.78 is 0. The predicted octanol–water partition coefficient (Wildman–Crippen LogP) is 1.26. The molecule has 0 aromatic carbocycles. The van der Waals surface area contributed by atoms with Crippen molar-refractivity contribution in [2.24, 2.45) is 0 Å². The van der Waals surface area contributed by atoms with Gasteiger partial charge in [0.2, 0.25) is 0 Å². The maximum atomic E-state index is 4.05. The molecule has 3 nitrogen and oxygen atoms in total. The molecular formula is C12H19N3. The molecule has 1 saturated heterocycles. The molecule has 0 amide bonds. The van der Waals surface area contributed by atoms with Crippen molar-refractivity contribution in [3.05, 3.63) is 30.1 Å². The van der Waals surface area contributed by atoms with Crippen LogP contribution in [0.2, 0.25) is 0 Å². The normalized spacial score (nSPS) is 27.9. The molecule has 0 radical (unpaired) electrons. The SMILES string of the molecule is CC1CNCC(C)N1Cc1ccncc1. The van der Waals surface area contributed by atoms with E-state index in [1.165, 1.54) is 5.56 Å². The molecule has 1 aliphatic heterocycles. The summed E-state index contributed by atoms with van der Waals surface area (Å²) in [6, 6.07) is 5.42. The maximum Gasteiger partial charge on any atom is 0.0271 e. The van der Waals surface area contributed by atoms with E-state index in [-0.39, 0.29) is 0 Å². The predicted molar refractivity (Wildman–Crippen MR) is 61.6 cm³/mol. The van der Waals surface area contributed by atoms with E-state index in [0.717, 1.165) is 19.6 Å². The molecule has 1 N–H and O–H groups in total. The first-order valence-corrected chi connectivity index (χ1v) is 5.62. The van der Waals surface area contributed by atoms with Crippen molar-refractivity contribution >= 4 is 0 Å². The monoisotopic (exact) mass is 205 g/mol. The van der Waals surface area contributed by atoms with Gasteiger partial charge in [0.1, 0.15) is 0 Å². The molecule has 2 atom stereocenters. The van der Waals surface area contributed by atoms with E-state index in [1.807, 2.05) is 12.4 Å². The van der Waals surface area contributed by atoms with Crippen molar-refractivity contribution in [3.63, 3.8) is 0 Å². The third-order valence-corrected chi connectivity index (χ3v) is 3.13. The summed E-state index contributed by atoms with van der Waals surface area (Å²) in [7, 11) is 0. The third kappa shape index (κ3) is 2.55. The fourth-order valence-corrected chi connectivity index (χ4v) is 2.18. The first-order chi connectivity index (χ1) is 7.27. The summed E-state index contributed by atoms with van der Waals surface area (Å²) >= 11 is 0. The van der Waals surface area contributed by atoms with Gasteiger partial charge >= 0.3 is 0 Å². The number of pyridine rings is 1. The topological polar surface area (TPSA) is 28.2 Å². The third-order valence-electron chi connectivity index (χ3n) is 3.13. The maximum absolute atomic E-state index is 4.05. The minimum atomic E-state index is 0.613. The fraction of sp³-hybridized carbons (Fsp3) is 0.583. The Morgan fingerprint density at radius 1 is 1.27 bits per heavy atom. The number of hydrogen-bond acceptors (Lipinski definition) is 3. The lowest BCUT2D eigenvalue weighted by Gasteiger charge is -2.39. The van der Waals surface area contributed by atoms with Crippen molar-refractivity contribution < 1.29 is 0 Å². The Bertz CT molecular complexity index is 289.